The van der Waals surface area contributed by atoms with Gasteiger partial charge in [-0.05, 0) is 30.3 Å². The molecule has 0 aliphatic rings. The fourth-order valence-electron chi connectivity index (χ4n) is 2.14. The summed E-state index contributed by atoms with van der Waals surface area (Å²) in [6.07, 6.45) is 3.34. The van der Waals surface area contributed by atoms with E-state index in [1.54, 1.807) is 30.6 Å². The number of pyridine rings is 1. The van der Waals surface area contributed by atoms with Gasteiger partial charge in [0.2, 0.25) is 0 Å². The van der Waals surface area contributed by atoms with Crippen molar-refractivity contribution in [1.82, 2.24) is 4.98 Å². The first-order valence-corrected chi connectivity index (χ1v) is 6.34. The van der Waals surface area contributed by atoms with Crippen LogP contribution in [0.3, 0.4) is 0 Å². The van der Waals surface area contributed by atoms with Crippen molar-refractivity contribution in [2.45, 2.75) is 0 Å². The first kappa shape index (κ1) is 13.1. The van der Waals surface area contributed by atoms with Gasteiger partial charge in [0.1, 0.15) is 5.82 Å². The van der Waals surface area contributed by atoms with Crippen LogP contribution >= 0.6 is 0 Å². The smallest absolute Gasteiger partial charge is 0.258 e. The van der Waals surface area contributed by atoms with Crippen LogP contribution in [0.2, 0.25) is 0 Å². The Balaban J connectivity index is 1.97. The van der Waals surface area contributed by atoms with Crippen molar-refractivity contribution in [2.24, 2.45) is 0 Å². The van der Waals surface area contributed by atoms with Crippen molar-refractivity contribution in [3.63, 3.8) is 0 Å². The number of halogens is 1. The first-order valence-electron chi connectivity index (χ1n) is 6.34. The highest BCUT2D eigenvalue weighted by Crippen LogP contribution is 2.23. The Kier molecular flexibility index (Phi) is 3.23. The van der Waals surface area contributed by atoms with Crippen LogP contribution in [0.25, 0.3) is 10.8 Å². The summed E-state index contributed by atoms with van der Waals surface area (Å²) in [5.74, 6) is -1.16. The largest absolute Gasteiger partial charge is 0.399 e. The average molecular weight is 281 g/mol. The molecule has 0 spiro atoms. The van der Waals surface area contributed by atoms with Crippen molar-refractivity contribution in [3.05, 3.63) is 66.2 Å². The zero-order valence-corrected chi connectivity index (χ0v) is 11.0. The van der Waals surface area contributed by atoms with Crippen molar-refractivity contribution < 1.29 is 9.18 Å². The molecule has 0 unspecified atom stereocenters. The van der Waals surface area contributed by atoms with Crippen LogP contribution in [0.4, 0.5) is 15.8 Å². The quantitative estimate of drug-likeness (QED) is 0.709. The second kappa shape index (κ2) is 5.20. The van der Waals surface area contributed by atoms with Gasteiger partial charge in [-0.3, -0.25) is 9.78 Å². The van der Waals surface area contributed by atoms with Crippen molar-refractivity contribution >= 4 is 28.1 Å². The number of hydrogen-bond donors (Lipinski definition) is 2. The standard InChI is InChI=1S/C16H12FN3O/c17-14-8-11(18)4-5-13(14)16(21)20-15-3-1-2-10-9-19-7-6-12(10)15/h1-9H,18H2,(H,20,21). The number of amides is 1. The molecular formula is C16H12FN3O. The van der Waals surface area contributed by atoms with Gasteiger partial charge in [0, 0.05) is 34.5 Å². The summed E-state index contributed by atoms with van der Waals surface area (Å²) in [7, 11) is 0. The van der Waals surface area contributed by atoms with Crippen LogP contribution in [0, 0.1) is 5.82 Å². The van der Waals surface area contributed by atoms with Gasteiger partial charge in [-0.25, -0.2) is 4.39 Å². The molecule has 0 aliphatic heterocycles. The van der Waals surface area contributed by atoms with E-state index in [1.807, 2.05) is 6.07 Å². The Labute approximate surface area is 120 Å². The predicted molar refractivity (Wildman–Crippen MR) is 80.5 cm³/mol. The maximum Gasteiger partial charge on any atom is 0.258 e. The number of nitrogens with two attached hydrogens (primary N) is 1. The van der Waals surface area contributed by atoms with E-state index >= 15 is 0 Å². The van der Waals surface area contributed by atoms with Crippen LogP contribution in [-0.2, 0) is 0 Å². The number of nitrogen functional groups attached to an aromatic ring is 1. The maximum atomic E-state index is 13.8. The second-order valence-corrected chi connectivity index (χ2v) is 4.60. The van der Waals surface area contributed by atoms with Crippen LogP contribution in [0.1, 0.15) is 10.4 Å². The minimum atomic E-state index is -0.644. The molecule has 0 radical (unpaired) electrons. The molecule has 3 rings (SSSR count). The third-order valence-corrected chi connectivity index (χ3v) is 3.17. The van der Waals surface area contributed by atoms with Gasteiger partial charge in [-0.15, -0.1) is 0 Å². The van der Waals surface area contributed by atoms with E-state index in [4.69, 9.17) is 5.73 Å². The summed E-state index contributed by atoms with van der Waals surface area (Å²) in [6.45, 7) is 0. The number of carbonyl (C=O) groups excluding carboxylic acids is 1. The molecule has 1 aromatic heterocycles. The minimum Gasteiger partial charge on any atom is -0.399 e. The molecule has 0 fully saturated rings. The fraction of sp³-hybridized carbons (Fsp3) is 0. The number of benzene rings is 2. The third-order valence-electron chi connectivity index (χ3n) is 3.17. The monoisotopic (exact) mass is 281 g/mol. The molecule has 5 heteroatoms. The van der Waals surface area contributed by atoms with Gasteiger partial charge in [0.15, 0.2) is 0 Å². The number of rotatable bonds is 2. The molecule has 0 atom stereocenters. The van der Waals surface area contributed by atoms with Crippen LogP contribution < -0.4 is 11.1 Å². The molecule has 4 nitrogen and oxygen atoms in total. The SMILES string of the molecule is Nc1ccc(C(=O)Nc2cccc3cnccc23)c(F)c1. The Morgan fingerprint density at radius 2 is 2.05 bits per heavy atom. The molecule has 21 heavy (non-hydrogen) atoms. The van der Waals surface area contributed by atoms with E-state index in [1.165, 1.54) is 12.1 Å². The van der Waals surface area contributed by atoms with Crippen LogP contribution in [0.15, 0.2) is 54.9 Å². The first-order chi connectivity index (χ1) is 10.1. The number of nitrogens with zero attached hydrogens (tertiary/aromatic N) is 1. The summed E-state index contributed by atoms with van der Waals surface area (Å²) in [4.78, 5) is 16.2. The summed E-state index contributed by atoms with van der Waals surface area (Å²) < 4.78 is 13.8. The fourth-order valence-corrected chi connectivity index (χ4v) is 2.14. The Hall–Kier alpha value is -2.95. The molecule has 0 saturated heterocycles. The van der Waals surface area contributed by atoms with Gasteiger partial charge in [-0.2, -0.15) is 0 Å². The third kappa shape index (κ3) is 2.53. The Morgan fingerprint density at radius 3 is 2.86 bits per heavy atom. The number of aromatic nitrogens is 1. The lowest BCUT2D eigenvalue weighted by molar-refractivity contribution is 0.102. The lowest BCUT2D eigenvalue weighted by atomic mass is 10.1. The highest BCUT2D eigenvalue weighted by molar-refractivity contribution is 6.09. The van der Waals surface area contributed by atoms with E-state index < -0.39 is 11.7 Å². The predicted octanol–water partition coefficient (Wildman–Crippen LogP) is 3.21. The lowest BCUT2D eigenvalue weighted by Crippen LogP contribution is -2.14. The lowest BCUT2D eigenvalue weighted by Gasteiger charge is -2.09. The topological polar surface area (TPSA) is 68.0 Å². The van der Waals surface area contributed by atoms with Gasteiger partial charge in [0.05, 0.1) is 5.56 Å². The molecule has 2 aromatic carbocycles. The van der Waals surface area contributed by atoms with Crippen molar-refractivity contribution in [3.8, 4) is 0 Å². The maximum absolute atomic E-state index is 13.8. The number of fused-ring (bicyclic) bond motifs is 1. The molecule has 3 N–H and O–H groups in total. The van der Waals surface area contributed by atoms with Crippen molar-refractivity contribution in [1.29, 1.82) is 0 Å². The normalized spacial score (nSPS) is 10.5. The molecule has 3 aromatic rings. The van der Waals surface area contributed by atoms with Gasteiger partial charge in [0.25, 0.3) is 5.91 Å². The number of carbonyl (C=O) groups is 1. The van der Waals surface area contributed by atoms with E-state index in [9.17, 15) is 9.18 Å². The summed E-state index contributed by atoms with van der Waals surface area (Å²) in [5, 5.41) is 4.45. The molecule has 0 bridgehead atoms. The summed E-state index contributed by atoms with van der Waals surface area (Å²) >= 11 is 0. The highest BCUT2D eigenvalue weighted by Gasteiger charge is 2.13. The molecule has 0 aliphatic carbocycles. The van der Waals surface area contributed by atoms with E-state index in [2.05, 4.69) is 10.3 Å². The molecule has 0 saturated carbocycles. The van der Waals surface area contributed by atoms with Gasteiger partial charge < -0.3 is 11.1 Å². The Bertz CT molecular complexity index is 827. The zero-order valence-electron chi connectivity index (χ0n) is 11.0. The average Bonchev–Trinajstić information content (AvgIpc) is 2.47. The van der Waals surface area contributed by atoms with E-state index in [-0.39, 0.29) is 11.3 Å². The second-order valence-electron chi connectivity index (χ2n) is 4.60. The van der Waals surface area contributed by atoms with Crippen LogP contribution in [0.5, 0.6) is 0 Å². The number of hydrogen-bond acceptors (Lipinski definition) is 3. The van der Waals surface area contributed by atoms with Gasteiger partial charge in [-0.1, -0.05) is 12.1 Å². The zero-order chi connectivity index (χ0) is 14.8. The van der Waals surface area contributed by atoms with Crippen molar-refractivity contribution in [2.75, 3.05) is 11.1 Å². The highest BCUT2D eigenvalue weighted by atomic mass is 19.1. The molecular weight excluding hydrogens is 269 g/mol. The number of anilines is 2. The van der Waals surface area contributed by atoms with Crippen LogP contribution in [-0.4, -0.2) is 10.9 Å². The minimum absolute atomic E-state index is 0.0461. The molecule has 104 valence electrons. The number of nitrogens with one attached hydrogen (secondary N) is 1. The Morgan fingerprint density at radius 1 is 1.19 bits per heavy atom. The summed E-state index contributed by atoms with van der Waals surface area (Å²) in [5.41, 5.74) is 6.32. The van der Waals surface area contributed by atoms with E-state index in [0.29, 0.717) is 5.69 Å². The summed E-state index contributed by atoms with van der Waals surface area (Å²) in [6, 6.07) is 11.2. The van der Waals surface area contributed by atoms with Gasteiger partial charge >= 0.3 is 0 Å². The molecule has 1 heterocycles. The molecule has 1 amide bonds. The van der Waals surface area contributed by atoms with E-state index in [0.717, 1.165) is 16.8 Å².